The van der Waals surface area contributed by atoms with Gasteiger partial charge in [-0.2, -0.15) is 4.98 Å². The highest BCUT2D eigenvalue weighted by molar-refractivity contribution is 7.09. The van der Waals surface area contributed by atoms with Crippen molar-refractivity contribution < 1.29 is 9.63 Å². The Hall–Kier alpha value is -2.14. The monoisotopic (exact) mass is 258 g/mol. The first-order valence-corrected chi connectivity index (χ1v) is 6.33. The molecule has 3 rings (SSSR count). The van der Waals surface area contributed by atoms with Gasteiger partial charge in [0.25, 0.3) is 5.89 Å². The van der Waals surface area contributed by atoms with Crippen molar-refractivity contribution in [3.63, 3.8) is 0 Å². The molecule has 1 aromatic carbocycles. The van der Waals surface area contributed by atoms with Crippen LogP contribution in [0.5, 0.6) is 5.75 Å². The van der Waals surface area contributed by atoms with Crippen LogP contribution in [0.15, 0.2) is 46.3 Å². The molecule has 0 saturated carbocycles. The van der Waals surface area contributed by atoms with Crippen molar-refractivity contribution in [2.45, 2.75) is 6.42 Å². The lowest BCUT2D eigenvalue weighted by molar-refractivity contribution is 0.424. The summed E-state index contributed by atoms with van der Waals surface area (Å²) in [5.74, 6) is 1.36. The predicted molar refractivity (Wildman–Crippen MR) is 68.5 cm³/mol. The van der Waals surface area contributed by atoms with E-state index in [0.29, 0.717) is 18.1 Å². The van der Waals surface area contributed by atoms with Crippen LogP contribution in [0, 0.1) is 0 Å². The number of nitrogens with zero attached hydrogens (tertiary/aromatic N) is 2. The molecule has 0 fully saturated rings. The van der Waals surface area contributed by atoms with Crippen LogP contribution < -0.4 is 0 Å². The Morgan fingerprint density at radius 1 is 1.17 bits per heavy atom. The van der Waals surface area contributed by atoms with E-state index in [4.69, 9.17) is 4.52 Å². The standard InChI is InChI=1S/C13H10N2O2S/c16-10-5-3-9(4-6-10)13-14-12(15-17-13)8-11-2-1-7-18-11/h1-7,16H,8H2. The van der Waals surface area contributed by atoms with Gasteiger partial charge in [-0.3, -0.25) is 0 Å². The molecule has 3 aromatic rings. The maximum Gasteiger partial charge on any atom is 0.257 e. The van der Waals surface area contributed by atoms with Crippen molar-refractivity contribution in [1.82, 2.24) is 10.1 Å². The van der Waals surface area contributed by atoms with Gasteiger partial charge in [-0.1, -0.05) is 11.2 Å². The second kappa shape index (κ2) is 4.62. The first-order chi connectivity index (χ1) is 8.81. The summed E-state index contributed by atoms with van der Waals surface area (Å²) in [7, 11) is 0. The molecule has 0 radical (unpaired) electrons. The SMILES string of the molecule is Oc1ccc(-c2nc(Cc3cccs3)no2)cc1. The van der Waals surface area contributed by atoms with Gasteiger partial charge in [0.1, 0.15) is 5.75 Å². The van der Waals surface area contributed by atoms with E-state index in [2.05, 4.69) is 10.1 Å². The van der Waals surface area contributed by atoms with Gasteiger partial charge in [-0.15, -0.1) is 11.3 Å². The summed E-state index contributed by atoms with van der Waals surface area (Å²) in [6, 6.07) is 10.7. The molecule has 4 nitrogen and oxygen atoms in total. The normalized spacial score (nSPS) is 10.7. The largest absolute Gasteiger partial charge is 0.508 e. The van der Waals surface area contributed by atoms with Crippen LogP contribution >= 0.6 is 11.3 Å². The fourth-order valence-electron chi connectivity index (χ4n) is 1.62. The Balaban J connectivity index is 1.83. The third kappa shape index (κ3) is 2.26. The van der Waals surface area contributed by atoms with Crippen molar-refractivity contribution in [3.05, 3.63) is 52.5 Å². The zero-order valence-electron chi connectivity index (χ0n) is 9.41. The minimum atomic E-state index is 0.220. The van der Waals surface area contributed by atoms with E-state index in [0.717, 1.165) is 5.56 Å². The molecule has 2 aromatic heterocycles. The van der Waals surface area contributed by atoms with E-state index in [1.807, 2.05) is 17.5 Å². The third-order valence-corrected chi connectivity index (χ3v) is 3.37. The van der Waals surface area contributed by atoms with Crippen molar-refractivity contribution in [2.24, 2.45) is 0 Å². The molecule has 0 atom stereocenters. The van der Waals surface area contributed by atoms with Crippen LogP contribution in [0.25, 0.3) is 11.5 Å². The Bertz CT molecular complexity index is 629. The smallest absolute Gasteiger partial charge is 0.257 e. The average molecular weight is 258 g/mol. The lowest BCUT2D eigenvalue weighted by atomic mass is 10.2. The number of rotatable bonds is 3. The lowest BCUT2D eigenvalue weighted by Crippen LogP contribution is -1.87. The summed E-state index contributed by atoms with van der Waals surface area (Å²) in [5, 5.41) is 15.2. The maximum atomic E-state index is 9.21. The Kier molecular flexibility index (Phi) is 2.82. The van der Waals surface area contributed by atoms with Gasteiger partial charge in [0, 0.05) is 16.9 Å². The number of thiophene rings is 1. The molecule has 0 aliphatic carbocycles. The molecule has 0 aliphatic heterocycles. The van der Waals surface area contributed by atoms with Gasteiger partial charge in [-0.25, -0.2) is 0 Å². The third-order valence-electron chi connectivity index (χ3n) is 2.49. The number of aromatic hydroxyl groups is 1. The van der Waals surface area contributed by atoms with E-state index in [-0.39, 0.29) is 5.75 Å². The van der Waals surface area contributed by atoms with Gasteiger partial charge < -0.3 is 9.63 Å². The van der Waals surface area contributed by atoms with Gasteiger partial charge in [0.2, 0.25) is 0 Å². The molecule has 0 amide bonds. The summed E-state index contributed by atoms with van der Waals surface area (Å²) in [4.78, 5) is 5.53. The molecule has 0 aliphatic rings. The van der Waals surface area contributed by atoms with E-state index in [9.17, 15) is 5.11 Å². The fraction of sp³-hybridized carbons (Fsp3) is 0.0769. The van der Waals surface area contributed by atoms with Gasteiger partial charge in [0.05, 0.1) is 0 Å². The van der Waals surface area contributed by atoms with Crippen LogP contribution in [-0.4, -0.2) is 15.2 Å². The van der Waals surface area contributed by atoms with Gasteiger partial charge in [0.15, 0.2) is 5.82 Å². The van der Waals surface area contributed by atoms with Crippen molar-refractivity contribution in [1.29, 1.82) is 0 Å². The van der Waals surface area contributed by atoms with Crippen LogP contribution in [0.2, 0.25) is 0 Å². The highest BCUT2D eigenvalue weighted by atomic mass is 32.1. The van der Waals surface area contributed by atoms with E-state index in [1.54, 1.807) is 35.6 Å². The van der Waals surface area contributed by atoms with Crippen LogP contribution in [0.1, 0.15) is 10.7 Å². The summed E-state index contributed by atoms with van der Waals surface area (Å²) < 4.78 is 5.20. The number of hydrogen-bond donors (Lipinski definition) is 1. The van der Waals surface area contributed by atoms with E-state index in [1.165, 1.54) is 4.88 Å². The summed E-state index contributed by atoms with van der Waals surface area (Å²) in [6.45, 7) is 0. The summed E-state index contributed by atoms with van der Waals surface area (Å²) in [5.41, 5.74) is 0.803. The minimum Gasteiger partial charge on any atom is -0.508 e. The zero-order chi connectivity index (χ0) is 12.4. The highest BCUT2D eigenvalue weighted by Gasteiger charge is 2.09. The fourth-order valence-corrected chi connectivity index (χ4v) is 2.32. The van der Waals surface area contributed by atoms with Crippen molar-refractivity contribution in [2.75, 3.05) is 0 Å². The number of phenolic OH excluding ortho intramolecular Hbond substituents is 1. The number of aromatic nitrogens is 2. The van der Waals surface area contributed by atoms with Crippen molar-refractivity contribution in [3.8, 4) is 17.2 Å². The molecule has 0 bridgehead atoms. The van der Waals surface area contributed by atoms with Crippen LogP contribution in [0.4, 0.5) is 0 Å². The topological polar surface area (TPSA) is 59.2 Å². The molecule has 18 heavy (non-hydrogen) atoms. The quantitative estimate of drug-likeness (QED) is 0.784. The summed E-state index contributed by atoms with van der Waals surface area (Å²) >= 11 is 1.67. The Labute approximate surface area is 108 Å². The average Bonchev–Trinajstić information content (AvgIpc) is 3.02. The van der Waals surface area contributed by atoms with Crippen LogP contribution in [0.3, 0.4) is 0 Å². The molecular weight excluding hydrogens is 248 g/mol. The van der Waals surface area contributed by atoms with Gasteiger partial charge in [-0.05, 0) is 35.7 Å². The number of benzene rings is 1. The predicted octanol–water partition coefficient (Wildman–Crippen LogP) is 3.09. The maximum absolute atomic E-state index is 9.21. The van der Waals surface area contributed by atoms with E-state index < -0.39 is 0 Å². The zero-order valence-corrected chi connectivity index (χ0v) is 10.2. The second-order valence-corrected chi connectivity index (χ2v) is 4.85. The molecule has 5 heteroatoms. The molecule has 0 saturated heterocycles. The number of hydrogen-bond acceptors (Lipinski definition) is 5. The first-order valence-electron chi connectivity index (χ1n) is 5.45. The molecular formula is C13H10N2O2S. The Morgan fingerprint density at radius 3 is 2.72 bits per heavy atom. The van der Waals surface area contributed by atoms with Crippen LogP contribution in [-0.2, 0) is 6.42 Å². The number of phenols is 1. The molecule has 0 unspecified atom stereocenters. The van der Waals surface area contributed by atoms with E-state index >= 15 is 0 Å². The molecule has 1 N–H and O–H groups in total. The molecule has 2 heterocycles. The molecule has 90 valence electrons. The minimum absolute atomic E-state index is 0.220. The van der Waals surface area contributed by atoms with Gasteiger partial charge >= 0.3 is 0 Å². The first kappa shape index (κ1) is 11.0. The highest BCUT2D eigenvalue weighted by Crippen LogP contribution is 2.21. The summed E-state index contributed by atoms with van der Waals surface area (Å²) in [6.07, 6.45) is 0.680. The Morgan fingerprint density at radius 2 is 2.00 bits per heavy atom. The second-order valence-electron chi connectivity index (χ2n) is 3.82. The van der Waals surface area contributed by atoms with Crippen molar-refractivity contribution >= 4 is 11.3 Å². The molecule has 0 spiro atoms. The lowest BCUT2D eigenvalue weighted by Gasteiger charge is -1.93.